The van der Waals surface area contributed by atoms with Crippen LogP contribution in [0.4, 0.5) is 0 Å². The van der Waals surface area contributed by atoms with Crippen LogP contribution in [0, 0.1) is 5.92 Å². The molecule has 182 valence electrons. The summed E-state index contributed by atoms with van der Waals surface area (Å²) in [7, 11) is -9.23. The molecule has 0 spiro atoms. The molecule has 0 heterocycles. The molecule has 0 saturated heterocycles. The number of carbonyl (C=O) groups excluding carboxylic acids is 1. The number of esters is 1. The maximum atomic E-state index is 11.9. The highest BCUT2D eigenvalue weighted by Crippen LogP contribution is 2.42. The van der Waals surface area contributed by atoms with Gasteiger partial charge >= 0.3 is 20.7 Å². The minimum absolute atomic E-state index is 0.0149. The van der Waals surface area contributed by atoms with Gasteiger partial charge in [-0.1, -0.05) is 20.3 Å². The Bertz CT molecular complexity index is 578. The van der Waals surface area contributed by atoms with Crippen LogP contribution in [0.15, 0.2) is 12.2 Å². The lowest BCUT2D eigenvalue weighted by atomic mass is 10.0. The van der Waals surface area contributed by atoms with E-state index in [4.69, 9.17) is 22.2 Å². The van der Waals surface area contributed by atoms with Gasteiger partial charge in [0.2, 0.25) is 0 Å². The van der Waals surface area contributed by atoms with Gasteiger partial charge in [-0.25, -0.2) is 9.59 Å². The van der Waals surface area contributed by atoms with Gasteiger partial charge in [-0.05, 0) is 71.3 Å². The molecule has 0 aliphatic heterocycles. The third-order valence-corrected chi connectivity index (χ3v) is 16.7. The number of carbonyl (C=O) groups is 2. The summed E-state index contributed by atoms with van der Waals surface area (Å²) in [4.78, 5) is 22.5. The Morgan fingerprint density at radius 1 is 0.839 bits per heavy atom. The van der Waals surface area contributed by atoms with Crippen LogP contribution in [-0.2, 0) is 26.7 Å². The smallest absolute Gasteiger partial charge is 0.473 e. The van der Waals surface area contributed by atoms with E-state index in [0.29, 0.717) is 6.42 Å². The van der Waals surface area contributed by atoms with Crippen molar-refractivity contribution in [3.05, 3.63) is 12.2 Å². The van der Waals surface area contributed by atoms with E-state index < -0.39 is 45.7 Å². The van der Waals surface area contributed by atoms with Gasteiger partial charge in [0.15, 0.2) is 25.0 Å². The fourth-order valence-electron chi connectivity index (χ4n) is 3.14. The van der Waals surface area contributed by atoms with Crippen molar-refractivity contribution in [2.75, 3.05) is 6.61 Å². The van der Waals surface area contributed by atoms with E-state index in [1.165, 1.54) is 0 Å². The van der Waals surface area contributed by atoms with Crippen molar-refractivity contribution < 1.29 is 31.8 Å². The minimum atomic E-state index is -3.14. The largest absolute Gasteiger partial charge is 0.478 e. The molecule has 0 aromatic rings. The van der Waals surface area contributed by atoms with Gasteiger partial charge in [0.05, 0.1) is 6.61 Å². The molecular formula is C20H44O7Si4. The van der Waals surface area contributed by atoms with Crippen molar-refractivity contribution in [3.8, 4) is 0 Å². The number of carboxylic acid groups (broad SMARTS) is 1. The summed E-state index contributed by atoms with van der Waals surface area (Å²) < 4.78 is 25.9. The third kappa shape index (κ3) is 13.5. The Kier molecular flexibility index (Phi) is 11.8. The lowest BCUT2D eigenvalue weighted by molar-refractivity contribution is -0.139. The molecule has 0 bridgehead atoms. The zero-order valence-corrected chi connectivity index (χ0v) is 25.3. The summed E-state index contributed by atoms with van der Waals surface area (Å²) in [5.74, 6) is -1.60. The van der Waals surface area contributed by atoms with Crippen molar-refractivity contribution in [3.63, 3.8) is 0 Å². The Hall–Kier alpha value is -0.572. The molecule has 0 fully saturated rings. The zero-order valence-electron chi connectivity index (χ0n) is 21.3. The molecule has 0 aliphatic carbocycles. The standard InChI is InChI=1S/C20H44O7Si4/c1-12-17(2)18(15-16-24-20(23)14-13-19(21)22)31(25-28(3,4)5,26-29(6,7)8)27-30(9,10)11/h13-14,17-18H,12,15-16H2,1-11H3,(H,21,22)/b14-13+. The second kappa shape index (κ2) is 12.0. The van der Waals surface area contributed by atoms with Crippen molar-refractivity contribution in [2.45, 2.75) is 91.2 Å². The second-order valence-corrected chi connectivity index (χ2v) is 27.9. The fraction of sp³-hybridized carbons (Fsp3) is 0.800. The highest BCUT2D eigenvalue weighted by atomic mass is 28.5. The predicted octanol–water partition coefficient (Wildman–Crippen LogP) is 5.47. The quantitative estimate of drug-likeness (QED) is 0.189. The molecule has 0 aromatic carbocycles. The molecule has 0 amide bonds. The summed E-state index contributed by atoms with van der Waals surface area (Å²) in [5, 5.41) is 8.68. The topological polar surface area (TPSA) is 91.3 Å². The Labute approximate surface area is 193 Å². The van der Waals surface area contributed by atoms with E-state index in [1.807, 2.05) is 0 Å². The summed E-state index contributed by atoms with van der Waals surface area (Å²) >= 11 is 0. The molecule has 0 saturated carbocycles. The Morgan fingerprint density at radius 3 is 1.58 bits per heavy atom. The lowest BCUT2D eigenvalue weighted by Gasteiger charge is -2.48. The zero-order chi connectivity index (χ0) is 24.7. The highest BCUT2D eigenvalue weighted by molar-refractivity contribution is 6.90. The molecule has 2 atom stereocenters. The van der Waals surface area contributed by atoms with Gasteiger partial charge in [-0.3, -0.25) is 0 Å². The van der Waals surface area contributed by atoms with Gasteiger partial charge in [-0.15, -0.1) is 0 Å². The van der Waals surface area contributed by atoms with Gasteiger partial charge in [0.25, 0.3) is 0 Å². The molecule has 11 heteroatoms. The van der Waals surface area contributed by atoms with Crippen LogP contribution in [0.1, 0.15) is 26.7 Å². The maximum absolute atomic E-state index is 11.9. The summed E-state index contributed by atoms with van der Waals surface area (Å²) in [6.45, 7) is 23.8. The molecule has 31 heavy (non-hydrogen) atoms. The average Bonchev–Trinajstić information content (AvgIpc) is 2.51. The summed E-state index contributed by atoms with van der Waals surface area (Å²) in [6.07, 6.45) is 3.18. The first-order valence-electron chi connectivity index (χ1n) is 11.0. The van der Waals surface area contributed by atoms with Crippen molar-refractivity contribution >= 4 is 45.7 Å². The number of rotatable bonds is 14. The first kappa shape index (κ1) is 30.4. The molecule has 7 nitrogen and oxygen atoms in total. The van der Waals surface area contributed by atoms with E-state index in [2.05, 4.69) is 72.8 Å². The average molecular weight is 509 g/mol. The molecular weight excluding hydrogens is 465 g/mol. The molecule has 0 radical (unpaired) electrons. The van der Waals surface area contributed by atoms with Crippen LogP contribution in [0.2, 0.25) is 64.5 Å². The minimum Gasteiger partial charge on any atom is -0.478 e. The first-order chi connectivity index (χ1) is 13.8. The summed E-state index contributed by atoms with van der Waals surface area (Å²) in [5.41, 5.74) is -0.0149. The Morgan fingerprint density at radius 2 is 1.26 bits per heavy atom. The van der Waals surface area contributed by atoms with Crippen molar-refractivity contribution in [1.29, 1.82) is 0 Å². The van der Waals surface area contributed by atoms with Gasteiger partial charge < -0.3 is 22.2 Å². The van der Waals surface area contributed by atoms with E-state index in [9.17, 15) is 9.59 Å². The SMILES string of the molecule is CCC(C)C(CCOC(=O)/C=C/C(=O)O)[Si](O[Si](C)(C)C)(O[Si](C)(C)C)O[Si](C)(C)C. The maximum Gasteiger partial charge on any atom is 0.473 e. The van der Waals surface area contributed by atoms with E-state index in [0.717, 1.165) is 18.6 Å². The van der Waals surface area contributed by atoms with Crippen LogP contribution in [-0.4, -0.2) is 57.4 Å². The fourth-order valence-corrected chi connectivity index (χ4v) is 18.2. The third-order valence-electron chi connectivity index (χ3n) is 4.17. The van der Waals surface area contributed by atoms with Crippen LogP contribution >= 0.6 is 0 Å². The first-order valence-corrected chi connectivity index (χ1v) is 23.0. The van der Waals surface area contributed by atoms with E-state index in [-0.39, 0.29) is 18.1 Å². The predicted molar refractivity (Wildman–Crippen MR) is 135 cm³/mol. The van der Waals surface area contributed by atoms with E-state index >= 15 is 0 Å². The van der Waals surface area contributed by atoms with Crippen LogP contribution in [0.25, 0.3) is 0 Å². The van der Waals surface area contributed by atoms with Gasteiger partial charge in [-0.2, -0.15) is 0 Å². The highest BCUT2D eigenvalue weighted by Gasteiger charge is 2.56. The molecule has 0 aliphatic rings. The monoisotopic (exact) mass is 508 g/mol. The van der Waals surface area contributed by atoms with Gasteiger partial charge in [0, 0.05) is 17.7 Å². The number of aliphatic carboxylic acids is 1. The number of carboxylic acids is 1. The second-order valence-electron chi connectivity index (χ2n) is 10.9. The number of hydrogen-bond donors (Lipinski definition) is 1. The van der Waals surface area contributed by atoms with Crippen LogP contribution in [0.3, 0.4) is 0 Å². The van der Waals surface area contributed by atoms with Crippen LogP contribution < -0.4 is 0 Å². The number of hydrogen-bond acceptors (Lipinski definition) is 6. The van der Waals surface area contributed by atoms with Gasteiger partial charge in [0.1, 0.15) is 0 Å². The summed E-state index contributed by atoms with van der Waals surface area (Å²) in [6, 6.07) is 0. The molecule has 0 rings (SSSR count). The van der Waals surface area contributed by atoms with Crippen LogP contribution in [0.5, 0.6) is 0 Å². The van der Waals surface area contributed by atoms with Crippen molar-refractivity contribution in [2.24, 2.45) is 5.92 Å². The normalized spacial score (nSPS) is 15.7. The molecule has 0 aromatic heterocycles. The lowest BCUT2D eigenvalue weighted by Crippen LogP contribution is -2.64. The van der Waals surface area contributed by atoms with E-state index in [1.54, 1.807) is 0 Å². The van der Waals surface area contributed by atoms with Crippen molar-refractivity contribution in [1.82, 2.24) is 0 Å². The number of ether oxygens (including phenoxy) is 1. The Balaban J connectivity index is 6.08. The molecule has 2 unspecified atom stereocenters. The molecule has 1 N–H and O–H groups in total.